The summed E-state index contributed by atoms with van der Waals surface area (Å²) in [5.74, 6) is 1.52. The number of hydrogen-bond acceptors (Lipinski definition) is 7. The van der Waals surface area contributed by atoms with E-state index in [9.17, 15) is 8.42 Å². The number of hydrogen-bond donors (Lipinski definition) is 2. The Labute approximate surface area is 181 Å². The number of anilines is 4. The summed E-state index contributed by atoms with van der Waals surface area (Å²) in [4.78, 5) is 9.22. The van der Waals surface area contributed by atoms with Gasteiger partial charge >= 0.3 is 0 Å². The second kappa shape index (κ2) is 8.88. The summed E-state index contributed by atoms with van der Waals surface area (Å²) in [6.45, 7) is 0. The van der Waals surface area contributed by atoms with Gasteiger partial charge in [-0.25, -0.2) is 22.7 Å². The maximum absolute atomic E-state index is 12.2. The summed E-state index contributed by atoms with van der Waals surface area (Å²) in [5.41, 5.74) is 2.10. The Morgan fingerprint density at radius 2 is 1.55 bits per heavy atom. The van der Waals surface area contributed by atoms with Crippen LogP contribution in [0.25, 0.3) is 11.0 Å². The number of benzene rings is 3. The van der Waals surface area contributed by atoms with Crippen molar-refractivity contribution < 1.29 is 17.9 Å². The van der Waals surface area contributed by atoms with E-state index in [0.717, 1.165) is 4.31 Å². The third-order valence-corrected chi connectivity index (χ3v) is 5.18. The highest BCUT2D eigenvalue weighted by molar-refractivity contribution is 7.74. The van der Waals surface area contributed by atoms with Crippen LogP contribution in [0.1, 0.15) is 0 Å². The number of methoxy groups -OCH3 is 2. The van der Waals surface area contributed by atoms with Crippen LogP contribution in [0.2, 0.25) is 0 Å². The molecule has 31 heavy (non-hydrogen) atoms. The Morgan fingerprint density at radius 3 is 2.13 bits per heavy atom. The lowest BCUT2D eigenvalue weighted by molar-refractivity contribution is 0.395. The molecule has 0 aliphatic rings. The summed E-state index contributed by atoms with van der Waals surface area (Å²) in [6, 6.07) is 22.2. The van der Waals surface area contributed by atoms with Crippen molar-refractivity contribution in [1.82, 2.24) is 9.97 Å². The Kier molecular flexibility index (Phi) is 5.85. The van der Waals surface area contributed by atoms with Gasteiger partial charge in [0.2, 0.25) is 10.9 Å². The monoisotopic (exact) mass is 435 g/mol. The van der Waals surface area contributed by atoms with E-state index in [1.807, 2.05) is 12.1 Å². The summed E-state index contributed by atoms with van der Waals surface area (Å²) < 4.78 is 36.2. The second-order valence-electron chi connectivity index (χ2n) is 6.41. The Morgan fingerprint density at radius 1 is 0.903 bits per heavy atom. The van der Waals surface area contributed by atoms with E-state index < -0.39 is 10.9 Å². The first-order valence-electron chi connectivity index (χ1n) is 9.27. The fourth-order valence-corrected chi connectivity index (χ4v) is 3.63. The lowest BCUT2D eigenvalue weighted by Gasteiger charge is -2.20. The van der Waals surface area contributed by atoms with E-state index in [0.29, 0.717) is 33.9 Å². The molecule has 9 heteroatoms. The number of para-hydroxylation sites is 3. The molecule has 0 fully saturated rings. The fraction of sp³-hybridized carbons (Fsp3) is 0.0909. The van der Waals surface area contributed by atoms with Crippen LogP contribution < -0.4 is 19.1 Å². The van der Waals surface area contributed by atoms with Crippen LogP contribution in [0.15, 0.2) is 66.7 Å². The highest BCUT2D eigenvalue weighted by Crippen LogP contribution is 2.34. The van der Waals surface area contributed by atoms with Gasteiger partial charge in [-0.15, -0.1) is 0 Å². The van der Waals surface area contributed by atoms with Crippen LogP contribution >= 0.6 is 0 Å². The van der Waals surface area contributed by atoms with Gasteiger partial charge < -0.3 is 14.8 Å². The summed E-state index contributed by atoms with van der Waals surface area (Å²) in [6.07, 6.45) is 0. The van der Waals surface area contributed by atoms with Gasteiger partial charge in [0.25, 0.3) is 0 Å². The lowest BCUT2D eigenvalue weighted by atomic mass is 10.2. The zero-order chi connectivity index (χ0) is 21.8. The Hall–Kier alpha value is -3.85. The van der Waals surface area contributed by atoms with Gasteiger partial charge in [0.15, 0.2) is 11.6 Å². The number of nitrogens with zero attached hydrogens (tertiary/aromatic N) is 3. The SMILES string of the molecule is COc1cc(Nc2nc3ccccc3nc2N(c2[c]cccc2)[SH](=O)=O)cc(OC)c1. The van der Waals surface area contributed by atoms with Crippen molar-refractivity contribution in [3.63, 3.8) is 0 Å². The second-order valence-corrected chi connectivity index (χ2v) is 7.28. The number of thiol groups is 1. The average Bonchev–Trinajstić information content (AvgIpc) is 2.79. The topological polar surface area (TPSA) is 93.6 Å². The molecule has 157 valence electrons. The lowest BCUT2D eigenvalue weighted by Crippen LogP contribution is -2.18. The maximum atomic E-state index is 12.2. The first kappa shape index (κ1) is 20.4. The largest absolute Gasteiger partial charge is 0.497 e. The van der Waals surface area contributed by atoms with Crippen molar-refractivity contribution in [1.29, 1.82) is 0 Å². The van der Waals surface area contributed by atoms with Gasteiger partial charge in [0.05, 0.1) is 30.9 Å². The van der Waals surface area contributed by atoms with Crippen LogP contribution in [-0.4, -0.2) is 32.6 Å². The molecule has 4 aromatic rings. The minimum atomic E-state index is -3.07. The highest BCUT2D eigenvalue weighted by Gasteiger charge is 2.21. The van der Waals surface area contributed by atoms with Crippen molar-refractivity contribution in [2.24, 2.45) is 0 Å². The van der Waals surface area contributed by atoms with E-state index in [1.165, 1.54) is 0 Å². The molecule has 0 atom stereocenters. The van der Waals surface area contributed by atoms with Crippen LogP contribution in [-0.2, 0) is 10.9 Å². The predicted octanol–water partition coefficient (Wildman–Crippen LogP) is 3.86. The van der Waals surface area contributed by atoms with Gasteiger partial charge in [-0.05, 0) is 18.2 Å². The minimum absolute atomic E-state index is 0.124. The Balaban J connectivity index is 1.90. The molecule has 1 heterocycles. The standard InChI is InChI=1S/C22H19N4O4S/c1-29-17-12-15(13-18(14-17)30-2)23-21-22(25-20-11-7-6-10-19(20)24-21)26(31(27)28)16-8-4-3-5-9-16/h3-8,10-14,31H,1-2H3,(H,23,24). The maximum Gasteiger partial charge on any atom is 0.230 e. The van der Waals surface area contributed by atoms with Crippen molar-refractivity contribution in [2.75, 3.05) is 23.8 Å². The van der Waals surface area contributed by atoms with Crippen molar-refractivity contribution in [3.05, 3.63) is 72.8 Å². The molecule has 1 radical (unpaired) electrons. The summed E-state index contributed by atoms with van der Waals surface area (Å²) in [5, 5.41) is 3.16. The smallest absolute Gasteiger partial charge is 0.230 e. The molecule has 0 amide bonds. The van der Waals surface area contributed by atoms with E-state index in [-0.39, 0.29) is 11.6 Å². The molecular formula is C22H19N4O4S. The van der Waals surface area contributed by atoms with Gasteiger partial charge in [0, 0.05) is 30.0 Å². The minimum Gasteiger partial charge on any atom is -0.497 e. The quantitative estimate of drug-likeness (QED) is 0.426. The molecule has 0 aliphatic heterocycles. The number of nitrogens with one attached hydrogen (secondary N) is 1. The molecule has 1 N–H and O–H groups in total. The van der Waals surface area contributed by atoms with Gasteiger partial charge in [-0.2, -0.15) is 0 Å². The van der Waals surface area contributed by atoms with Crippen LogP contribution in [0.4, 0.5) is 23.0 Å². The number of rotatable bonds is 7. The van der Waals surface area contributed by atoms with Crippen LogP contribution in [0.5, 0.6) is 11.5 Å². The molecule has 0 spiro atoms. The van der Waals surface area contributed by atoms with Gasteiger partial charge in [-0.1, -0.05) is 30.3 Å². The highest BCUT2D eigenvalue weighted by atomic mass is 32.2. The molecule has 4 rings (SSSR count). The summed E-state index contributed by atoms with van der Waals surface area (Å²) in [7, 11) is 0.0298. The Bertz CT molecular complexity index is 1270. The normalized spacial score (nSPS) is 10.8. The van der Waals surface area contributed by atoms with E-state index in [1.54, 1.807) is 68.8 Å². The number of aromatic nitrogens is 2. The fourth-order valence-electron chi connectivity index (χ4n) is 3.03. The van der Waals surface area contributed by atoms with Crippen molar-refractivity contribution in [3.8, 4) is 11.5 Å². The first-order chi connectivity index (χ1) is 15.1. The van der Waals surface area contributed by atoms with E-state index in [2.05, 4.69) is 21.4 Å². The zero-order valence-electron chi connectivity index (χ0n) is 16.8. The molecule has 1 aromatic heterocycles. The number of ether oxygens (including phenoxy) is 2. The summed E-state index contributed by atoms with van der Waals surface area (Å²) >= 11 is 0. The number of fused-ring (bicyclic) bond motifs is 1. The van der Waals surface area contributed by atoms with Gasteiger partial charge in [0.1, 0.15) is 11.5 Å². The van der Waals surface area contributed by atoms with Crippen molar-refractivity contribution in [2.45, 2.75) is 0 Å². The molecule has 3 aromatic carbocycles. The third-order valence-electron chi connectivity index (χ3n) is 4.45. The first-order valence-corrected chi connectivity index (χ1v) is 10.4. The molecule has 0 unspecified atom stereocenters. The van der Waals surface area contributed by atoms with Crippen LogP contribution in [0.3, 0.4) is 0 Å². The predicted molar refractivity (Wildman–Crippen MR) is 120 cm³/mol. The molecule has 0 saturated heterocycles. The zero-order valence-corrected chi connectivity index (χ0v) is 17.7. The molecule has 0 aliphatic carbocycles. The van der Waals surface area contributed by atoms with Gasteiger partial charge in [-0.3, -0.25) is 0 Å². The molecular weight excluding hydrogens is 416 g/mol. The van der Waals surface area contributed by atoms with Crippen molar-refractivity contribution >= 4 is 44.9 Å². The van der Waals surface area contributed by atoms with Crippen LogP contribution in [0, 0.1) is 6.07 Å². The van der Waals surface area contributed by atoms with E-state index in [4.69, 9.17) is 9.47 Å². The average molecular weight is 435 g/mol. The molecule has 0 bridgehead atoms. The third kappa shape index (κ3) is 4.36. The van der Waals surface area contributed by atoms with E-state index >= 15 is 0 Å². The molecule has 8 nitrogen and oxygen atoms in total. The molecule has 0 saturated carbocycles.